The fourth-order valence-electron chi connectivity index (χ4n) is 3.34. The average molecular weight is 404 g/mol. The van der Waals surface area contributed by atoms with Crippen molar-refractivity contribution in [2.24, 2.45) is 0 Å². The van der Waals surface area contributed by atoms with Crippen molar-refractivity contribution in [2.45, 2.75) is 11.7 Å². The number of urea groups is 1. The second kappa shape index (κ2) is 6.79. The van der Waals surface area contributed by atoms with Crippen molar-refractivity contribution in [3.63, 3.8) is 0 Å². The number of anilines is 2. The molecule has 1 fully saturated rings. The Bertz CT molecular complexity index is 1050. The molecule has 0 saturated carbocycles. The van der Waals surface area contributed by atoms with Gasteiger partial charge in [0.05, 0.1) is 29.5 Å². The Morgan fingerprint density at radius 3 is 2.45 bits per heavy atom. The molecule has 0 bridgehead atoms. The SMILES string of the molecule is CN1C(=O)N(c2ccc(C#N)c(C(F)(F)F)c2)C(=O)C1(CO)c1cccc(N)c1. The molecule has 3 amide bonds. The fraction of sp³-hybridized carbons (Fsp3) is 0.211. The van der Waals surface area contributed by atoms with Crippen LogP contribution in [0.15, 0.2) is 42.5 Å². The monoisotopic (exact) mass is 404 g/mol. The van der Waals surface area contributed by atoms with Gasteiger partial charge in [0.25, 0.3) is 5.91 Å². The summed E-state index contributed by atoms with van der Waals surface area (Å²) < 4.78 is 39.9. The third-order valence-electron chi connectivity index (χ3n) is 4.89. The number of carbonyl (C=O) groups is 2. The van der Waals surface area contributed by atoms with Crippen LogP contribution in [0.2, 0.25) is 0 Å². The van der Waals surface area contributed by atoms with E-state index in [0.29, 0.717) is 11.0 Å². The number of hydrogen-bond donors (Lipinski definition) is 2. The molecule has 10 heteroatoms. The molecule has 150 valence electrons. The predicted molar refractivity (Wildman–Crippen MR) is 96.4 cm³/mol. The van der Waals surface area contributed by atoms with E-state index in [4.69, 9.17) is 11.0 Å². The molecule has 29 heavy (non-hydrogen) atoms. The number of nitriles is 1. The quantitative estimate of drug-likeness (QED) is 0.603. The Kier molecular flexibility index (Phi) is 4.72. The average Bonchev–Trinajstić information content (AvgIpc) is 2.87. The number of aliphatic hydroxyl groups is 1. The lowest BCUT2D eigenvalue weighted by molar-refractivity contribution is -0.137. The first-order valence-corrected chi connectivity index (χ1v) is 8.28. The lowest BCUT2D eigenvalue weighted by Gasteiger charge is -2.31. The van der Waals surface area contributed by atoms with Crippen molar-refractivity contribution < 1.29 is 27.9 Å². The number of rotatable bonds is 3. The van der Waals surface area contributed by atoms with Crippen LogP contribution in [0.3, 0.4) is 0 Å². The van der Waals surface area contributed by atoms with Gasteiger partial charge in [0, 0.05) is 12.7 Å². The molecule has 0 aliphatic carbocycles. The number of alkyl halides is 3. The number of nitrogen functional groups attached to an aromatic ring is 1. The number of amides is 3. The van der Waals surface area contributed by atoms with E-state index in [9.17, 15) is 27.9 Å². The van der Waals surface area contributed by atoms with Crippen LogP contribution in [0.5, 0.6) is 0 Å². The molecule has 1 aliphatic rings. The van der Waals surface area contributed by atoms with Gasteiger partial charge in [-0.05, 0) is 35.9 Å². The minimum absolute atomic E-state index is 0.216. The van der Waals surface area contributed by atoms with Gasteiger partial charge < -0.3 is 15.7 Å². The molecule has 1 saturated heterocycles. The number of hydrogen-bond acceptors (Lipinski definition) is 5. The van der Waals surface area contributed by atoms with Crippen LogP contribution in [-0.2, 0) is 16.5 Å². The second-order valence-corrected chi connectivity index (χ2v) is 6.47. The summed E-state index contributed by atoms with van der Waals surface area (Å²) in [6, 6.07) is 9.00. The van der Waals surface area contributed by atoms with Crippen LogP contribution in [0.4, 0.5) is 29.3 Å². The van der Waals surface area contributed by atoms with Crippen LogP contribution in [0.1, 0.15) is 16.7 Å². The van der Waals surface area contributed by atoms with Crippen molar-refractivity contribution in [1.29, 1.82) is 5.26 Å². The standard InChI is InChI=1S/C19H15F3N4O3/c1-25-17(29)26(14-6-5-11(9-23)15(8-14)19(20,21)22)16(28)18(25,10-27)12-3-2-4-13(24)7-12/h2-8,27H,10,24H2,1H3. The highest BCUT2D eigenvalue weighted by Crippen LogP contribution is 2.41. The van der Waals surface area contributed by atoms with Crippen molar-refractivity contribution in [3.8, 4) is 6.07 Å². The summed E-state index contributed by atoms with van der Waals surface area (Å²) in [7, 11) is 1.26. The first-order valence-electron chi connectivity index (χ1n) is 8.28. The number of aliphatic hydroxyl groups excluding tert-OH is 1. The lowest BCUT2D eigenvalue weighted by atomic mass is 9.89. The van der Waals surface area contributed by atoms with Crippen LogP contribution in [-0.4, -0.2) is 35.6 Å². The normalized spacial score (nSPS) is 19.6. The maximum absolute atomic E-state index is 13.3. The largest absolute Gasteiger partial charge is 0.417 e. The number of nitrogens with zero attached hydrogens (tertiary/aromatic N) is 3. The number of halogens is 3. The molecular weight excluding hydrogens is 389 g/mol. The van der Waals surface area contributed by atoms with Crippen molar-refractivity contribution in [1.82, 2.24) is 4.90 Å². The zero-order valence-corrected chi connectivity index (χ0v) is 15.1. The Labute approximate surface area is 163 Å². The smallest absolute Gasteiger partial charge is 0.399 e. The van der Waals surface area contributed by atoms with Crippen molar-refractivity contribution in [2.75, 3.05) is 24.3 Å². The van der Waals surface area contributed by atoms with Gasteiger partial charge in [0.15, 0.2) is 5.54 Å². The van der Waals surface area contributed by atoms with E-state index in [1.165, 1.54) is 31.3 Å². The van der Waals surface area contributed by atoms with E-state index in [2.05, 4.69) is 0 Å². The number of carbonyl (C=O) groups excluding carboxylic acids is 2. The minimum atomic E-state index is -4.86. The molecule has 2 aromatic rings. The summed E-state index contributed by atoms with van der Waals surface area (Å²) in [5.74, 6) is -0.934. The molecule has 1 atom stereocenters. The third kappa shape index (κ3) is 2.96. The molecule has 0 radical (unpaired) electrons. The van der Waals surface area contributed by atoms with Crippen LogP contribution in [0.25, 0.3) is 0 Å². The van der Waals surface area contributed by atoms with E-state index in [0.717, 1.165) is 17.0 Å². The summed E-state index contributed by atoms with van der Waals surface area (Å²) in [5.41, 5.74) is 2.11. The summed E-state index contributed by atoms with van der Waals surface area (Å²) in [6.07, 6.45) is -4.86. The maximum Gasteiger partial charge on any atom is 0.417 e. The maximum atomic E-state index is 13.3. The Morgan fingerprint density at radius 1 is 1.21 bits per heavy atom. The Balaban J connectivity index is 2.17. The topological polar surface area (TPSA) is 111 Å². The van der Waals surface area contributed by atoms with Gasteiger partial charge in [-0.15, -0.1) is 0 Å². The third-order valence-corrected chi connectivity index (χ3v) is 4.89. The van der Waals surface area contributed by atoms with Gasteiger partial charge in [-0.25, -0.2) is 9.69 Å². The van der Waals surface area contributed by atoms with Crippen LogP contribution in [0, 0.1) is 11.3 Å². The number of benzene rings is 2. The molecule has 1 unspecified atom stereocenters. The number of nitrogens with two attached hydrogens (primary N) is 1. The lowest BCUT2D eigenvalue weighted by Crippen LogP contribution is -2.48. The van der Waals surface area contributed by atoms with E-state index >= 15 is 0 Å². The van der Waals surface area contributed by atoms with Gasteiger partial charge in [-0.2, -0.15) is 18.4 Å². The second-order valence-electron chi connectivity index (χ2n) is 6.47. The zero-order chi connectivity index (χ0) is 21.6. The first-order chi connectivity index (χ1) is 13.6. The number of likely N-dealkylation sites (N-methyl/N-ethyl adjacent to an activating group) is 1. The first kappa shape index (κ1) is 20.2. The summed E-state index contributed by atoms with van der Waals surface area (Å²) in [5, 5.41) is 19.0. The Morgan fingerprint density at radius 2 is 1.90 bits per heavy atom. The molecule has 3 N–H and O–H groups in total. The van der Waals surface area contributed by atoms with Crippen molar-refractivity contribution >= 4 is 23.3 Å². The highest BCUT2D eigenvalue weighted by Gasteiger charge is 2.57. The van der Waals surface area contributed by atoms with E-state index in [1.807, 2.05) is 0 Å². The summed E-state index contributed by atoms with van der Waals surface area (Å²) in [6.45, 7) is -0.809. The highest BCUT2D eigenvalue weighted by atomic mass is 19.4. The van der Waals surface area contributed by atoms with E-state index < -0.39 is 41.4 Å². The summed E-state index contributed by atoms with van der Waals surface area (Å²) >= 11 is 0. The van der Waals surface area contributed by atoms with Gasteiger partial charge in [0.1, 0.15) is 0 Å². The van der Waals surface area contributed by atoms with Gasteiger partial charge in [-0.1, -0.05) is 12.1 Å². The molecule has 2 aromatic carbocycles. The molecule has 1 aliphatic heterocycles. The molecule has 0 aromatic heterocycles. The Hall–Kier alpha value is -3.58. The van der Waals surface area contributed by atoms with Gasteiger partial charge in [0.2, 0.25) is 0 Å². The fourth-order valence-corrected chi connectivity index (χ4v) is 3.34. The van der Waals surface area contributed by atoms with Gasteiger partial charge in [-0.3, -0.25) is 4.79 Å². The van der Waals surface area contributed by atoms with Crippen LogP contribution >= 0.6 is 0 Å². The van der Waals surface area contributed by atoms with Gasteiger partial charge >= 0.3 is 12.2 Å². The molecular formula is C19H15F3N4O3. The molecule has 1 heterocycles. The van der Waals surface area contributed by atoms with E-state index in [-0.39, 0.29) is 16.9 Å². The predicted octanol–water partition coefficient (Wildman–Crippen LogP) is 2.45. The number of imide groups is 1. The summed E-state index contributed by atoms with van der Waals surface area (Å²) in [4.78, 5) is 27.5. The highest BCUT2D eigenvalue weighted by molar-refractivity contribution is 6.23. The minimum Gasteiger partial charge on any atom is -0.399 e. The van der Waals surface area contributed by atoms with Crippen molar-refractivity contribution in [3.05, 3.63) is 59.2 Å². The molecule has 7 nitrogen and oxygen atoms in total. The zero-order valence-electron chi connectivity index (χ0n) is 15.1. The molecule has 3 rings (SSSR count). The van der Waals surface area contributed by atoms with Crippen LogP contribution < -0.4 is 10.6 Å². The molecule has 0 spiro atoms. The van der Waals surface area contributed by atoms with E-state index in [1.54, 1.807) is 6.07 Å².